The summed E-state index contributed by atoms with van der Waals surface area (Å²) in [6.45, 7) is 2.03. The van der Waals surface area contributed by atoms with E-state index in [0.29, 0.717) is 17.7 Å². The van der Waals surface area contributed by atoms with Crippen LogP contribution < -0.4 is 11.1 Å². The highest BCUT2D eigenvalue weighted by atomic mass is 16.5. The SMILES string of the molecule is CCCC(N)CC(=O)Nc1ccc(C(=O)OC)cc1. The van der Waals surface area contributed by atoms with Crippen LogP contribution in [0, 0.1) is 0 Å². The Morgan fingerprint density at radius 2 is 1.95 bits per heavy atom. The van der Waals surface area contributed by atoms with Crippen LogP contribution in [0.3, 0.4) is 0 Å². The van der Waals surface area contributed by atoms with Crippen LogP contribution in [0.25, 0.3) is 0 Å². The van der Waals surface area contributed by atoms with Gasteiger partial charge in [0.15, 0.2) is 0 Å². The van der Waals surface area contributed by atoms with E-state index in [1.54, 1.807) is 24.3 Å². The molecule has 5 nitrogen and oxygen atoms in total. The quantitative estimate of drug-likeness (QED) is 0.769. The van der Waals surface area contributed by atoms with Crippen molar-refractivity contribution in [3.05, 3.63) is 29.8 Å². The molecule has 0 radical (unpaired) electrons. The van der Waals surface area contributed by atoms with E-state index in [2.05, 4.69) is 10.1 Å². The molecule has 0 heterocycles. The highest BCUT2D eigenvalue weighted by molar-refractivity contribution is 5.93. The second-order valence-electron chi connectivity index (χ2n) is 4.37. The van der Waals surface area contributed by atoms with Crippen molar-refractivity contribution in [2.75, 3.05) is 12.4 Å². The second kappa shape index (κ2) is 7.53. The maximum absolute atomic E-state index is 11.7. The molecule has 0 aliphatic carbocycles. The van der Waals surface area contributed by atoms with Gasteiger partial charge in [0.2, 0.25) is 5.91 Å². The van der Waals surface area contributed by atoms with E-state index in [1.165, 1.54) is 7.11 Å². The lowest BCUT2D eigenvalue weighted by molar-refractivity contribution is -0.116. The number of carbonyl (C=O) groups is 2. The number of ether oxygens (including phenoxy) is 1. The summed E-state index contributed by atoms with van der Waals surface area (Å²) in [6, 6.07) is 6.42. The summed E-state index contributed by atoms with van der Waals surface area (Å²) in [7, 11) is 1.33. The molecule has 3 N–H and O–H groups in total. The predicted octanol–water partition coefficient (Wildman–Crippen LogP) is 1.93. The molecule has 0 saturated heterocycles. The van der Waals surface area contributed by atoms with Gasteiger partial charge in [-0.05, 0) is 30.7 Å². The Balaban J connectivity index is 2.53. The third-order valence-corrected chi connectivity index (χ3v) is 2.70. The summed E-state index contributed by atoms with van der Waals surface area (Å²) in [5.41, 5.74) is 6.89. The molecule has 104 valence electrons. The Labute approximate surface area is 113 Å². The number of methoxy groups -OCH3 is 1. The van der Waals surface area contributed by atoms with Crippen LogP contribution in [-0.4, -0.2) is 25.0 Å². The first-order chi connectivity index (χ1) is 9.06. The van der Waals surface area contributed by atoms with Crippen LogP contribution >= 0.6 is 0 Å². The van der Waals surface area contributed by atoms with Gasteiger partial charge in [0.25, 0.3) is 0 Å². The lowest BCUT2D eigenvalue weighted by Crippen LogP contribution is -2.26. The standard InChI is InChI=1S/C14H20N2O3/c1-3-4-11(15)9-13(17)16-12-7-5-10(6-8-12)14(18)19-2/h5-8,11H,3-4,9,15H2,1-2H3,(H,16,17). The second-order valence-corrected chi connectivity index (χ2v) is 4.37. The Bertz CT molecular complexity index is 429. The summed E-state index contributed by atoms with van der Waals surface area (Å²) in [5, 5.41) is 2.74. The highest BCUT2D eigenvalue weighted by Gasteiger charge is 2.09. The third-order valence-electron chi connectivity index (χ3n) is 2.70. The maximum Gasteiger partial charge on any atom is 0.337 e. The monoisotopic (exact) mass is 264 g/mol. The Morgan fingerprint density at radius 3 is 2.47 bits per heavy atom. The van der Waals surface area contributed by atoms with Gasteiger partial charge in [-0.2, -0.15) is 0 Å². The zero-order chi connectivity index (χ0) is 14.3. The lowest BCUT2D eigenvalue weighted by atomic mass is 10.1. The van der Waals surface area contributed by atoms with Crippen LogP contribution in [0.15, 0.2) is 24.3 Å². The molecule has 1 amide bonds. The van der Waals surface area contributed by atoms with Crippen molar-refractivity contribution in [2.45, 2.75) is 32.2 Å². The first-order valence-electron chi connectivity index (χ1n) is 6.30. The number of nitrogens with two attached hydrogens (primary N) is 1. The molecule has 0 bridgehead atoms. The number of rotatable bonds is 6. The van der Waals surface area contributed by atoms with Gasteiger partial charge < -0.3 is 15.8 Å². The summed E-state index contributed by atoms with van der Waals surface area (Å²) < 4.78 is 4.59. The highest BCUT2D eigenvalue weighted by Crippen LogP contribution is 2.11. The molecule has 1 aromatic carbocycles. The fraction of sp³-hybridized carbons (Fsp3) is 0.429. The van der Waals surface area contributed by atoms with Crippen molar-refractivity contribution in [3.63, 3.8) is 0 Å². The largest absolute Gasteiger partial charge is 0.465 e. The molecular formula is C14H20N2O3. The fourth-order valence-electron chi connectivity index (χ4n) is 1.73. The van der Waals surface area contributed by atoms with Crippen molar-refractivity contribution in [1.29, 1.82) is 0 Å². The van der Waals surface area contributed by atoms with Gasteiger partial charge in [0.1, 0.15) is 0 Å². The van der Waals surface area contributed by atoms with E-state index in [4.69, 9.17) is 5.73 Å². The minimum absolute atomic E-state index is 0.112. The molecule has 0 saturated carbocycles. The summed E-state index contributed by atoms with van der Waals surface area (Å²) in [6.07, 6.45) is 2.09. The van der Waals surface area contributed by atoms with Crippen molar-refractivity contribution < 1.29 is 14.3 Å². The van der Waals surface area contributed by atoms with Gasteiger partial charge in [0.05, 0.1) is 12.7 Å². The van der Waals surface area contributed by atoms with Gasteiger partial charge in [-0.1, -0.05) is 13.3 Å². The van der Waals surface area contributed by atoms with Gasteiger partial charge >= 0.3 is 5.97 Å². The summed E-state index contributed by atoms with van der Waals surface area (Å²) in [4.78, 5) is 22.9. The van der Waals surface area contributed by atoms with E-state index in [-0.39, 0.29) is 11.9 Å². The average Bonchev–Trinajstić information content (AvgIpc) is 2.38. The van der Waals surface area contributed by atoms with Crippen molar-refractivity contribution in [3.8, 4) is 0 Å². The Morgan fingerprint density at radius 1 is 1.32 bits per heavy atom. The van der Waals surface area contributed by atoms with Crippen LogP contribution in [0.5, 0.6) is 0 Å². The van der Waals surface area contributed by atoms with Crippen molar-refractivity contribution >= 4 is 17.6 Å². The number of esters is 1. The molecule has 1 unspecified atom stereocenters. The first kappa shape index (κ1) is 15.2. The number of anilines is 1. The molecule has 0 aromatic heterocycles. The smallest absolute Gasteiger partial charge is 0.337 e. The number of nitrogens with one attached hydrogen (secondary N) is 1. The number of hydrogen-bond acceptors (Lipinski definition) is 4. The van der Waals surface area contributed by atoms with Gasteiger partial charge in [-0.3, -0.25) is 4.79 Å². The van der Waals surface area contributed by atoms with Gasteiger partial charge in [-0.25, -0.2) is 4.79 Å². The van der Waals surface area contributed by atoms with Crippen LogP contribution in [0.4, 0.5) is 5.69 Å². The molecule has 0 aliphatic heterocycles. The molecule has 1 rings (SSSR count). The minimum atomic E-state index is -0.400. The van der Waals surface area contributed by atoms with E-state index >= 15 is 0 Å². The van der Waals surface area contributed by atoms with E-state index in [9.17, 15) is 9.59 Å². The number of carbonyl (C=O) groups excluding carboxylic acids is 2. The van der Waals surface area contributed by atoms with Crippen molar-refractivity contribution in [1.82, 2.24) is 0 Å². The zero-order valence-electron chi connectivity index (χ0n) is 11.3. The van der Waals surface area contributed by atoms with Crippen LogP contribution in [0.2, 0.25) is 0 Å². The fourth-order valence-corrected chi connectivity index (χ4v) is 1.73. The Hall–Kier alpha value is -1.88. The predicted molar refractivity (Wildman–Crippen MR) is 73.9 cm³/mol. The van der Waals surface area contributed by atoms with Gasteiger partial charge in [-0.15, -0.1) is 0 Å². The lowest BCUT2D eigenvalue weighted by Gasteiger charge is -2.10. The van der Waals surface area contributed by atoms with Gasteiger partial charge in [0, 0.05) is 18.2 Å². The number of benzene rings is 1. The maximum atomic E-state index is 11.7. The van der Waals surface area contributed by atoms with E-state index in [0.717, 1.165) is 12.8 Å². The topological polar surface area (TPSA) is 81.4 Å². The normalized spacial score (nSPS) is 11.7. The molecule has 0 fully saturated rings. The zero-order valence-corrected chi connectivity index (χ0v) is 11.3. The Kier molecular flexibility index (Phi) is 6.02. The third kappa shape index (κ3) is 5.09. The molecular weight excluding hydrogens is 244 g/mol. The average molecular weight is 264 g/mol. The first-order valence-corrected chi connectivity index (χ1v) is 6.30. The van der Waals surface area contributed by atoms with E-state index < -0.39 is 5.97 Å². The minimum Gasteiger partial charge on any atom is -0.465 e. The van der Waals surface area contributed by atoms with Crippen molar-refractivity contribution in [2.24, 2.45) is 5.73 Å². The van der Waals surface area contributed by atoms with Crippen LogP contribution in [0.1, 0.15) is 36.5 Å². The summed E-state index contributed by atoms with van der Waals surface area (Å²) >= 11 is 0. The summed E-state index contributed by atoms with van der Waals surface area (Å²) in [5.74, 6) is -0.519. The molecule has 0 spiro atoms. The van der Waals surface area contributed by atoms with E-state index in [1.807, 2.05) is 6.92 Å². The molecule has 1 atom stereocenters. The molecule has 19 heavy (non-hydrogen) atoms. The molecule has 0 aliphatic rings. The number of hydrogen-bond donors (Lipinski definition) is 2. The molecule has 5 heteroatoms. The van der Waals surface area contributed by atoms with Crippen LogP contribution in [-0.2, 0) is 9.53 Å². The molecule has 1 aromatic rings. The number of amides is 1.